The number of aliphatic carboxylic acids is 1. The van der Waals surface area contributed by atoms with Crippen LogP contribution in [0.25, 0.3) is 11.1 Å². The smallest absolute Gasteiger partial charge is 0.407 e. The molecule has 0 saturated heterocycles. The van der Waals surface area contributed by atoms with Crippen molar-refractivity contribution in [3.05, 3.63) is 59.7 Å². The van der Waals surface area contributed by atoms with Crippen LogP contribution in [0, 0.1) is 5.92 Å². The van der Waals surface area contributed by atoms with Crippen molar-refractivity contribution in [1.29, 1.82) is 0 Å². The number of hydrogen-bond donors (Lipinski definition) is 2. The van der Waals surface area contributed by atoms with Gasteiger partial charge in [-0.15, -0.1) is 0 Å². The molecule has 0 radical (unpaired) electrons. The van der Waals surface area contributed by atoms with Crippen molar-refractivity contribution >= 4 is 21.9 Å². The molecule has 0 fully saturated rings. The van der Waals surface area contributed by atoms with Crippen molar-refractivity contribution in [1.82, 2.24) is 5.32 Å². The van der Waals surface area contributed by atoms with Gasteiger partial charge < -0.3 is 15.2 Å². The van der Waals surface area contributed by atoms with E-state index < -0.39 is 33.9 Å². The lowest BCUT2D eigenvalue weighted by molar-refractivity contribution is -0.139. The summed E-state index contributed by atoms with van der Waals surface area (Å²) in [4.78, 5) is 23.8. The average Bonchev–Trinajstić information content (AvgIpc) is 2.98. The highest BCUT2D eigenvalue weighted by molar-refractivity contribution is 7.90. The van der Waals surface area contributed by atoms with Gasteiger partial charge in [0.25, 0.3) is 0 Å². The summed E-state index contributed by atoms with van der Waals surface area (Å²) < 4.78 is 28.2. The quantitative estimate of drug-likeness (QED) is 0.665. The molecule has 3 rings (SSSR count). The maximum Gasteiger partial charge on any atom is 0.407 e. The van der Waals surface area contributed by atoms with E-state index in [9.17, 15) is 23.1 Å². The lowest BCUT2D eigenvalue weighted by Gasteiger charge is -2.19. The van der Waals surface area contributed by atoms with Gasteiger partial charge in [-0.3, -0.25) is 0 Å². The molecule has 1 amide bonds. The van der Waals surface area contributed by atoms with Crippen molar-refractivity contribution in [3.8, 4) is 11.1 Å². The van der Waals surface area contributed by atoms with Crippen LogP contribution in [0.15, 0.2) is 48.5 Å². The fourth-order valence-electron chi connectivity index (χ4n) is 3.99. The van der Waals surface area contributed by atoms with Crippen LogP contribution >= 0.6 is 0 Å². The Labute approximate surface area is 176 Å². The van der Waals surface area contributed by atoms with Crippen LogP contribution in [-0.4, -0.2) is 50.2 Å². The number of nitrogens with one attached hydrogen (secondary N) is 1. The zero-order valence-electron chi connectivity index (χ0n) is 16.9. The van der Waals surface area contributed by atoms with E-state index in [1.807, 2.05) is 48.5 Å². The van der Waals surface area contributed by atoms with Gasteiger partial charge in [0.2, 0.25) is 0 Å². The summed E-state index contributed by atoms with van der Waals surface area (Å²) in [6.45, 7) is 1.71. The topological polar surface area (TPSA) is 110 Å². The Morgan fingerprint density at radius 3 is 2.10 bits per heavy atom. The van der Waals surface area contributed by atoms with E-state index in [0.29, 0.717) is 0 Å². The molecular weight excluding hydrogens is 406 g/mol. The molecule has 30 heavy (non-hydrogen) atoms. The summed E-state index contributed by atoms with van der Waals surface area (Å²) in [6.07, 6.45) is 0.251. The fraction of sp³-hybridized carbons (Fsp3) is 0.364. The molecule has 2 aromatic carbocycles. The molecular formula is C22H25NO6S. The van der Waals surface area contributed by atoms with E-state index in [-0.39, 0.29) is 24.7 Å². The summed E-state index contributed by atoms with van der Waals surface area (Å²) in [5.74, 6) is -1.93. The van der Waals surface area contributed by atoms with E-state index in [1.54, 1.807) is 6.92 Å². The number of carbonyl (C=O) groups excluding carboxylic acids is 1. The molecule has 2 unspecified atom stereocenters. The number of amides is 1. The van der Waals surface area contributed by atoms with E-state index in [4.69, 9.17) is 4.74 Å². The number of fused-ring (bicyclic) bond motifs is 3. The van der Waals surface area contributed by atoms with Gasteiger partial charge in [-0.05, 0) is 34.6 Å². The molecule has 1 aliphatic rings. The molecule has 0 saturated carbocycles. The number of rotatable bonds is 8. The summed E-state index contributed by atoms with van der Waals surface area (Å²) in [6, 6.07) is 14.6. The summed E-state index contributed by atoms with van der Waals surface area (Å²) in [7, 11) is -3.24. The van der Waals surface area contributed by atoms with Crippen LogP contribution in [0.1, 0.15) is 30.4 Å². The number of carbonyl (C=O) groups is 2. The number of alkyl carbamates (subject to hydrolysis) is 1. The predicted octanol–water partition coefficient (Wildman–Crippen LogP) is 3.05. The molecule has 0 spiro atoms. The standard InChI is InChI=1S/C22H25NO6S/c1-14(13-30(2,27)28)11-20(21(24)25)23-22(26)29-12-19-17-9-5-3-7-15(17)16-8-4-6-10-18(16)19/h3-10,14,19-20H,11-13H2,1-2H3,(H,23,26)(H,24,25). The highest BCUT2D eigenvalue weighted by Crippen LogP contribution is 2.44. The van der Waals surface area contributed by atoms with Crippen LogP contribution in [-0.2, 0) is 19.4 Å². The average molecular weight is 432 g/mol. The maximum absolute atomic E-state index is 12.3. The number of benzene rings is 2. The number of ether oxygens (including phenoxy) is 1. The largest absolute Gasteiger partial charge is 0.480 e. The number of carboxylic acids is 1. The molecule has 7 nitrogen and oxygen atoms in total. The van der Waals surface area contributed by atoms with Crippen LogP contribution in [0.4, 0.5) is 4.79 Å². The van der Waals surface area contributed by atoms with E-state index in [0.717, 1.165) is 28.5 Å². The minimum atomic E-state index is -3.24. The summed E-state index contributed by atoms with van der Waals surface area (Å²) >= 11 is 0. The molecule has 8 heteroatoms. The van der Waals surface area contributed by atoms with Gasteiger partial charge in [-0.1, -0.05) is 55.5 Å². The first-order valence-corrected chi connectivity index (χ1v) is 11.7. The monoisotopic (exact) mass is 431 g/mol. The Morgan fingerprint density at radius 1 is 1.07 bits per heavy atom. The first kappa shape index (κ1) is 21.8. The minimum Gasteiger partial charge on any atom is -0.480 e. The third-order valence-corrected chi connectivity index (χ3v) is 6.33. The molecule has 0 bridgehead atoms. The fourth-order valence-corrected chi connectivity index (χ4v) is 5.16. The molecule has 0 aromatic heterocycles. The van der Waals surface area contributed by atoms with Crippen molar-refractivity contribution in [2.75, 3.05) is 18.6 Å². The Morgan fingerprint density at radius 2 is 1.60 bits per heavy atom. The third kappa shape index (κ3) is 5.18. The third-order valence-electron chi connectivity index (χ3n) is 5.16. The van der Waals surface area contributed by atoms with Crippen LogP contribution < -0.4 is 5.32 Å². The molecule has 2 N–H and O–H groups in total. The van der Waals surface area contributed by atoms with Crippen molar-refractivity contribution in [2.24, 2.45) is 5.92 Å². The number of hydrogen-bond acceptors (Lipinski definition) is 5. The van der Waals surface area contributed by atoms with E-state index >= 15 is 0 Å². The summed E-state index contributed by atoms with van der Waals surface area (Å²) in [5.41, 5.74) is 4.31. The second kappa shape index (κ2) is 8.87. The molecule has 0 aliphatic heterocycles. The molecule has 0 heterocycles. The van der Waals surface area contributed by atoms with Crippen LogP contribution in [0.5, 0.6) is 0 Å². The zero-order valence-corrected chi connectivity index (χ0v) is 17.7. The van der Waals surface area contributed by atoms with Gasteiger partial charge >= 0.3 is 12.1 Å². The van der Waals surface area contributed by atoms with E-state index in [2.05, 4.69) is 5.32 Å². The lowest BCUT2D eigenvalue weighted by Crippen LogP contribution is -2.43. The van der Waals surface area contributed by atoms with Crippen LogP contribution in [0.2, 0.25) is 0 Å². The molecule has 2 aromatic rings. The van der Waals surface area contributed by atoms with Gasteiger partial charge in [0.05, 0.1) is 5.75 Å². The zero-order chi connectivity index (χ0) is 21.9. The van der Waals surface area contributed by atoms with Crippen molar-refractivity contribution in [3.63, 3.8) is 0 Å². The number of carboxylic acid groups (broad SMARTS) is 1. The molecule has 2 atom stereocenters. The Balaban J connectivity index is 1.64. The SMILES string of the molecule is CC(CC(NC(=O)OCC1c2ccccc2-c2ccccc21)C(=O)O)CS(C)(=O)=O. The highest BCUT2D eigenvalue weighted by atomic mass is 32.2. The highest BCUT2D eigenvalue weighted by Gasteiger charge is 2.30. The van der Waals surface area contributed by atoms with Gasteiger partial charge in [-0.25, -0.2) is 18.0 Å². The van der Waals surface area contributed by atoms with Gasteiger partial charge in [0.1, 0.15) is 22.5 Å². The van der Waals surface area contributed by atoms with Gasteiger partial charge in [0, 0.05) is 12.2 Å². The second-order valence-corrected chi connectivity index (χ2v) is 9.98. The Kier molecular flexibility index (Phi) is 6.45. The molecule has 160 valence electrons. The predicted molar refractivity (Wildman–Crippen MR) is 113 cm³/mol. The normalized spacial score (nSPS) is 15.0. The van der Waals surface area contributed by atoms with Crippen LogP contribution in [0.3, 0.4) is 0 Å². The number of sulfone groups is 1. The lowest BCUT2D eigenvalue weighted by atomic mass is 9.98. The van der Waals surface area contributed by atoms with Gasteiger partial charge in [0.15, 0.2) is 0 Å². The Bertz CT molecular complexity index is 1000. The second-order valence-electron chi connectivity index (χ2n) is 7.79. The summed E-state index contributed by atoms with van der Waals surface area (Å²) in [5, 5.41) is 11.7. The molecule has 1 aliphatic carbocycles. The minimum absolute atomic E-state index is 0.00734. The maximum atomic E-state index is 12.3. The van der Waals surface area contributed by atoms with Crippen molar-refractivity contribution < 1.29 is 27.9 Å². The Hall–Kier alpha value is -2.87. The first-order chi connectivity index (χ1) is 14.2. The van der Waals surface area contributed by atoms with Gasteiger partial charge in [-0.2, -0.15) is 0 Å². The first-order valence-electron chi connectivity index (χ1n) is 9.67. The van der Waals surface area contributed by atoms with Crippen molar-refractivity contribution in [2.45, 2.75) is 25.3 Å². The van der Waals surface area contributed by atoms with E-state index in [1.165, 1.54) is 0 Å².